The van der Waals surface area contributed by atoms with Gasteiger partial charge in [0.25, 0.3) is 0 Å². The topological polar surface area (TPSA) is 52.8 Å². The fraction of sp³-hybridized carbons (Fsp3) is 0. The molecule has 0 unspecified atom stereocenters. The molecule has 0 bridgehead atoms. The smallest absolute Gasteiger partial charge is 0.164 e. The number of benzene rings is 5. The second kappa shape index (κ2) is 8.11. The van der Waals surface area contributed by atoms with Gasteiger partial charge in [-0.2, -0.15) is 0 Å². The molecule has 5 heteroatoms. The first-order valence-corrected chi connectivity index (χ1v) is 12.6. The lowest BCUT2D eigenvalue weighted by atomic mass is 10.0. The minimum atomic E-state index is 0.631. The number of para-hydroxylation sites is 3. The van der Waals surface area contributed by atoms with Crippen molar-refractivity contribution in [2.75, 3.05) is 0 Å². The van der Waals surface area contributed by atoms with Gasteiger partial charge >= 0.3 is 0 Å². The Morgan fingerprint density at radius 3 is 1.84 bits per heavy atom. The van der Waals surface area contributed by atoms with Crippen molar-refractivity contribution in [3.8, 4) is 51.3 Å². The van der Waals surface area contributed by atoms with Crippen LogP contribution in [0.15, 0.2) is 121 Å². The monoisotopic (exact) mass is 488 g/mol. The molecule has 8 rings (SSSR count). The van der Waals surface area contributed by atoms with Crippen LogP contribution in [0.25, 0.3) is 61.7 Å². The van der Waals surface area contributed by atoms with Gasteiger partial charge < -0.3 is 9.30 Å². The number of aromatic nitrogens is 4. The summed E-state index contributed by atoms with van der Waals surface area (Å²) >= 11 is 0. The Balaban J connectivity index is 1.47. The molecule has 0 saturated heterocycles. The van der Waals surface area contributed by atoms with Gasteiger partial charge in [0.2, 0.25) is 0 Å². The van der Waals surface area contributed by atoms with Crippen molar-refractivity contribution >= 4 is 21.8 Å². The van der Waals surface area contributed by atoms with Gasteiger partial charge in [-0.05, 0) is 30.3 Å². The number of ether oxygens (including phenoxy) is 1. The summed E-state index contributed by atoms with van der Waals surface area (Å²) in [5.41, 5.74) is 5.99. The van der Waals surface area contributed by atoms with Crippen molar-refractivity contribution < 1.29 is 4.74 Å². The summed E-state index contributed by atoms with van der Waals surface area (Å²) in [6.07, 6.45) is 0. The van der Waals surface area contributed by atoms with Crippen LogP contribution < -0.4 is 4.74 Å². The Morgan fingerprint density at radius 1 is 0.500 bits per heavy atom. The van der Waals surface area contributed by atoms with Gasteiger partial charge in [-0.3, -0.25) is 0 Å². The largest absolute Gasteiger partial charge is 0.453 e. The highest BCUT2D eigenvalue weighted by Gasteiger charge is 2.26. The van der Waals surface area contributed by atoms with E-state index in [1.54, 1.807) is 0 Å². The van der Waals surface area contributed by atoms with Crippen molar-refractivity contribution in [3.63, 3.8) is 0 Å². The van der Waals surface area contributed by atoms with E-state index >= 15 is 0 Å². The van der Waals surface area contributed by atoms with E-state index in [0.29, 0.717) is 17.5 Å². The van der Waals surface area contributed by atoms with Crippen LogP contribution in [-0.2, 0) is 0 Å². The minimum absolute atomic E-state index is 0.631. The first kappa shape index (κ1) is 20.9. The number of hydrogen-bond donors (Lipinski definition) is 0. The normalized spacial score (nSPS) is 11.9. The van der Waals surface area contributed by atoms with Gasteiger partial charge in [-0.1, -0.05) is 91.0 Å². The van der Waals surface area contributed by atoms with Crippen LogP contribution in [-0.4, -0.2) is 19.5 Å². The molecular weight excluding hydrogens is 468 g/mol. The van der Waals surface area contributed by atoms with Gasteiger partial charge in [0.1, 0.15) is 0 Å². The third kappa shape index (κ3) is 3.09. The number of rotatable bonds is 3. The highest BCUT2D eigenvalue weighted by Crippen LogP contribution is 2.48. The predicted octanol–water partition coefficient (Wildman–Crippen LogP) is 8.08. The van der Waals surface area contributed by atoms with Crippen molar-refractivity contribution in [3.05, 3.63) is 121 Å². The van der Waals surface area contributed by atoms with Crippen LogP contribution in [0.4, 0.5) is 0 Å². The maximum atomic E-state index is 6.38. The fourth-order valence-corrected chi connectivity index (χ4v) is 5.36. The van der Waals surface area contributed by atoms with E-state index in [9.17, 15) is 0 Å². The van der Waals surface area contributed by atoms with Crippen molar-refractivity contribution in [2.45, 2.75) is 0 Å². The molecule has 5 nitrogen and oxygen atoms in total. The van der Waals surface area contributed by atoms with Crippen molar-refractivity contribution in [2.24, 2.45) is 0 Å². The molecular formula is C33H20N4O. The maximum Gasteiger partial charge on any atom is 0.164 e. The summed E-state index contributed by atoms with van der Waals surface area (Å²) in [6, 6.07) is 40.8. The van der Waals surface area contributed by atoms with E-state index < -0.39 is 0 Å². The number of hydrogen-bond acceptors (Lipinski definition) is 4. The van der Waals surface area contributed by atoms with Gasteiger partial charge in [0.15, 0.2) is 29.0 Å². The Labute approximate surface area is 218 Å². The Morgan fingerprint density at radius 2 is 1.11 bits per heavy atom. The fourth-order valence-electron chi connectivity index (χ4n) is 5.36. The molecule has 0 radical (unpaired) electrons. The van der Waals surface area contributed by atoms with Crippen molar-refractivity contribution in [1.29, 1.82) is 0 Å². The van der Waals surface area contributed by atoms with Gasteiger partial charge in [-0.25, -0.2) is 15.0 Å². The second-order valence-electron chi connectivity index (χ2n) is 9.30. The molecule has 7 aromatic rings. The molecule has 0 N–H and O–H groups in total. The molecule has 1 aliphatic rings. The van der Waals surface area contributed by atoms with Crippen LogP contribution in [0.1, 0.15) is 0 Å². The Kier molecular flexibility index (Phi) is 4.45. The summed E-state index contributed by atoms with van der Waals surface area (Å²) in [4.78, 5) is 14.9. The van der Waals surface area contributed by atoms with E-state index in [1.807, 2.05) is 84.9 Å². The van der Waals surface area contributed by atoms with Crippen LogP contribution in [0.5, 0.6) is 11.5 Å². The van der Waals surface area contributed by atoms with E-state index in [0.717, 1.165) is 55.7 Å². The molecule has 1 aliphatic heterocycles. The zero-order chi connectivity index (χ0) is 25.1. The first-order chi connectivity index (χ1) is 18.8. The quantitative estimate of drug-likeness (QED) is 0.252. The molecule has 0 aliphatic carbocycles. The molecule has 3 heterocycles. The molecule has 0 fully saturated rings. The third-order valence-electron chi connectivity index (χ3n) is 7.05. The van der Waals surface area contributed by atoms with E-state index in [2.05, 4.69) is 41.0 Å². The highest BCUT2D eigenvalue weighted by atomic mass is 16.5. The van der Waals surface area contributed by atoms with E-state index in [-0.39, 0.29) is 0 Å². The number of fused-ring (bicyclic) bond motifs is 5. The van der Waals surface area contributed by atoms with Crippen molar-refractivity contribution in [1.82, 2.24) is 19.5 Å². The minimum Gasteiger partial charge on any atom is -0.453 e. The molecule has 0 spiro atoms. The van der Waals surface area contributed by atoms with Crippen LogP contribution >= 0.6 is 0 Å². The van der Waals surface area contributed by atoms with Gasteiger partial charge in [0, 0.05) is 27.5 Å². The molecule has 178 valence electrons. The summed E-state index contributed by atoms with van der Waals surface area (Å²) in [7, 11) is 0. The molecule has 2 aromatic heterocycles. The number of nitrogens with zero attached hydrogens (tertiary/aromatic N) is 4. The summed E-state index contributed by atoms with van der Waals surface area (Å²) in [5, 5.41) is 2.19. The Hall–Kier alpha value is -5.29. The summed E-state index contributed by atoms with van der Waals surface area (Å²) in [6.45, 7) is 0. The van der Waals surface area contributed by atoms with Crippen LogP contribution in [0.2, 0.25) is 0 Å². The predicted molar refractivity (Wildman–Crippen MR) is 151 cm³/mol. The molecule has 0 saturated carbocycles. The molecule has 5 aromatic carbocycles. The molecule has 38 heavy (non-hydrogen) atoms. The standard InChI is InChI=1S/C33H20N4O/c1-3-11-21(12-4-1)31-34-32(22-13-5-2-6-14-22)36-33(35-31)24-19-20-28-30-29(24)23-15-7-8-16-25(23)37(30)26-17-9-10-18-27(26)38-28/h1-20H. The third-order valence-corrected chi connectivity index (χ3v) is 7.05. The first-order valence-electron chi connectivity index (χ1n) is 12.6. The Bertz CT molecular complexity index is 1940. The average Bonchev–Trinajstić information content (AvgIpc) is 3.35. The lowest BCUT2D eigenvalue weighted by Gasteiger charge is -2.21. The van der Waals surface area contributed by atoms with Crippen LogP contribution in [0.3, 0.4) is 0 Å². The van der Waals surface area contributed by atoms with Gasteiger partial charge in [0.05, 0.1) is 16.7 Å². The summed E-state index contributed by atoms with van der Waals surface area (Å²) < 4.78 is 8.67. The van der Waals surface area contributed by atoms with E-state index in [4.69, 9.17) is 19.7 Å². The van der Waals surface area contributed by atoms with Gasteiger partial charge in [-0.15, -0.1) is 0 Å². The SMILES string of the molecule is c1ccc(-c2nc(-c3ccccc3)nc(-c3ccc4c5c3c3ccccc3n5-c3ccccc3O4)n2)cc1. The van der Waals surface area contributed by atoms with E-state index in [1.165, 1.54) is 0 Å². The zero-order valence-electron chi connectivity index (χ0n) is 20.2. The second-order valence-corrected chi connectivity index (χ2v) is 9.30. The zero-order valence-corrected chi connectivity index (χ0v) is 20.2. The molecule has 0 amide bonds. The summed E-state index contributed by atoms with van der Waals surface area (Å²) in [5.74, 6) is 3.58. The average molecular weight is 489 g/mol. The molecule has 0 atom stereocenters. The van der Waals surface area contributed by atoms with Crippen LogP contribution in [0, 0.1) is 0 Å². The maximum absolute atomic E-state index is 6.38. The lowest BCUT2D eigenvalue weighted by Crippen LogP contribution is -2.04. The highest BCUT2D eigenvalue weighted by molar-refractivity contribution is 6.17. The lowest BCUT2D eigenvalue weighted by molar-refractivity contribution is 0.476.